The third-order valence-corrected chi connectivity index (χ3v) is 2.32. The molecule has 1 amide bonds. The topological polar surface area (TPSA) is 54.6 Å². The molecule has 0 aromatic carbocycles. The highest BCUT2D eigenvalue weighted by Gasteiger charge is 2.31. The number of carbonyl (C=O) groups excluding carboxylic acids is 1. The Morgan fingerprint density at radius 3 is 2.46 bits per heavy atom. The minimum absolute atomic E-state index is 0.0323. The largest absolute Gasteiger partial charge is 0.395 e. The monoisotopic (exact) mass is 185 g/mol. The minimum atomic E-state index is -0.642. The van der Waals surface area contributed by atoms with Gasteiger partial charge in [0, 0.05) is 26.2 Å². The van der Waals surface area contributed by atoms with E-state index in [1.165, 1.54) is 0 Å². The predicted octanol–water partition coefficient (Wildman–Crippen LogP) is -0.548. The van der Waals surface area contributed by atoms with Crippen molar-refractivity contribution >= 4 is 5.91 Å². The van der Waals surface area contributed by atoms with Crippen molar-refractivity contribution in [1.82, 2.24) is 10.2 Å². The lowest BCUT2D eigenvalue weighted by molar-refractivity contribution is -0.143. The highest BCUT2D eigenvalue weighted by molar-refractivity contribution is 5.82. The Morgan fingerprint density at radius 2 is 2.00 bits per heavy atom. The molecule has 13 heavy (non-hydrogen) atoms. The Labute approximate surface area is 78.9 Å². The third-order valence-electron chi connectivity index (χ3n) is 2.32. The molecule has 1 aliphatic rings. The summed E-state index contributed by atoms with van der Waals surface area (Å²) >= 11 is 0. The molecule has 0 unspecified atom stereocenters. The Balaban J connectivity index is 2.55. The summed E-state index contributed by atoms with van der Waals surface area (Å²) in [4.78, 5) is 13.6. The van der Waals surface area contributed by atoms with E-state index in [4.69, 9.17) is 5.11 Å². The Kier molecular flexibility index (Phi) is 3.27. The van der Waals surface area contributed by atoms with E-state index in [1.807, 2.05) is 0 Å². The van der Waals surface area contributed by atoms with Crippen LogP contribution in [0.1, 0.15) is 13.8 Å². The van der Waals surface area contributed by atoms with Crippen LogP contribution in [0.2, 0.25) is 0 Å². The van der Waals surface area contributed by atoms with Gasteiger partial charge in [-0.05, 0) is 13.8 Å². The van der Waals surface area contributed by atoms with Crippen molar-refractivity contribution in [1.29, 1.82) is 0 Å². The Morgan fingerprint density at radius 1 is 1.46 bits per heavy atom. The molecular formula is C9H17N2O2. The molecule has 4 nitrogen and oxygen atoms in total. The van der Waals surface area contributed by atoms with Crippen LogP contribution >= 0.6 is 0 Å². The van der Waals surface area contributed by atoms with Gasteiger partial charge in [0.2, 0.25) is 5.91 Å². The third kappa shape index (κ3) is 2.42. The maximum atomic E-state index is 11.8. The number of aliphatic hydroxyl groups is 1. The van der Waals surface area contributed by atoms with Crippen LogP contribution in [0.25, 0.3) is 0 Å². The first-order valence-electron chi connectivity index (χ1n) is 4.61. The summed E-state index contributed by atoms with van der Waals surface area (Å²) in [5.74, 6) is 0.0323. The molecule has 0 atom stereocenters. The maximum absolute atomic E-state index is 11.8. The summed E-state index contributed by atoms with van der Waals surface area (Å²) in [5.41, 5.74) is -0.642. The van der Waals surface area contributed by atoms with Crippen LogP contribution < -0.4 is 5.32 Å². The highest BCUT2D eigenvalue weighted by Crippen LogP contribution is 2.17. The average molecular weight is 185 g/mol. The summed E-state index contributed by atoms with van der Waals surface area (Å²) in [5, 5.41) is 13.2. The first-order valence-corrected chi connectivity index (χ1v) is 4.61. The number of hydrogen-bond acceptors (Lipinski definition) is 2. The molecule has 4 heteroatoms. The zero-order valence-corrected chi connectivity index (χ0v) is 8.29. The maximum Gasteiger partial charge on any atom is 0.230 e. The van der Waals surface area contributed by atoms with Crippen LogP contribution in [-0.4, -0.2) is 48.7 Å². The molecule has 75 valence electrons. The van der Waals surface area contributed by atoms with Crippen molar-refractivity contribution in [2.24, 2.45) is 5.41 Å². The molecule has 1 saturated heterocycles. The van der Waals surface area contributed by atoms with E-state index < -0.39 is 5.41 Å². The van der Waals surface area contributed by atoms with Crippen LogP contribution in [0, 0.1) is 5.41 Å². The normalized spacial score (nSPS) is 18.8. The zero-order chi connectivity index (χ0) is 9.90. The van der Waals surface area contributed by atoms with E-state index in [0.29, 0.717) is 13.1 Å². The number of rotatable bonds is 2. The van der Waals surface area contributed by atoms with Crippen molar-refractivity contribution in [3.05, 3.63) is 0 Å². The van der Waals surface area contributed by atoms with Gasteiger partial charge in [0.15, 0.2) is 0 Å². The van der Waals surface area contributed by atoms with Gasteiger partial charge >= 0.3 is 0 Å². The molecule has 0 saturated carbocycles. The SMILES string of the molecule is CC(C)(CO)C(=O)N1CC[N]CC1. The summed E-state index contributed by atoms with van der Waals surface area (Å²) < 4.78 is 0. The van der Waals surface area contributed by atoms with Gasteiger partial charge < -0.3 is 10.0 Å². The van der Waals surface area contributed by atoms with Crippen LogP contribution in [0.3, 0.4) is 0 Å². The van der Waals surface area contributed by atoms with Crippen LogP contribution in [0.15, 0.2) is 0 Å². The van der Waals surface area contributed by atoms with Gasteiger partial charge in [-0.2, -0.15) is 0 Å². The molecule has 0 aromatic heterocycles. The molecular weight excluding hydrogens is 168 g/mol. The summed E-state index contributed by atoms with van der Waals surface area (Å²) in [6, 6.07) is 0. The fraction of sp³-hybridized carbons (Fsp3) is 0.889. The molecule has 0 bridgehead atoms. The minimum Gasteiger partial charge on any atom is -0.395 e. The first-order chi connectivity index (χ1) is 6.08. The second kappa shape index (κ2) is 4.07. The number of piperazine rings is 1. The van der Waals surface area contributed by atoms with Gasteiger partial charge in [-0.3, -0.25) is 4.79 Å². The van der Waals surface area contributed by atoms with Gasteiger partial charge in [0.05, 0.1) is 12.0 Å². The number of hydrogen-bond donors (Lipinski definition) is 1. The fourth-order valence-corrected chi connectivity index (χ4v) is 1.31. The molecule has 1 aliphatic heterocycles. The van der Waals surface area contributed by atoms with Crippen molar-refractivity contribution < 1.29 is 9.90 Å². The van der Waals surface area contributed by atoms with Gasteiger partial charge in [0.25, 0.3) is 0 Å². The Hall–Kier alpha value is -0.610. The number of nitrogens with zero attached hydrogens (tertiary/aromatic N) is 2. The van der Waals surface area contributed by atoms with E-state index in [2.05, 4.69) is 5.32 Å². The number of carbonyl (C=O) groups is 1. The molecule has 1 radical (unpaired) electrons. The van der Waals surface area contributed by atoms with E-state index >= 15 is 0 Å². The van der Waals surface area contributed by atoms with Crippen LogP contribution in [-0.2, 0) is 4.79 Å². The standard InChI is InChI=1S/C9H17N2O2/c1-9(2,7-12)8(13)11-5-3-10-4-6-11/h12H,3-7H2,1-2H3. The summed E-state index contributed by atoms with van der Waals surface area (Å²) in [6.45, 7) is 6.28. The van der Waals surface area contributed by atoms with Crippen molar-refractivity contribution in [3.63, 3.8) is 0 Å². The number of aliphatic hydroxyl groups excluding tert-OH is 1. The zero-order valence-electron chi connectivity index (χ0n) is 8.29. The lowest BCUT2D eigenvalue weighted by atomic mass is 9.92. The van der Waals surface area contributed by atoms with Gasteiger partial charge in [-0.25, -0.2) is 5.32 Å². The lowest BCUT2D eigenvalue weighted by Crippen LogP contribution is -2.49. The summed E-state index contributed by atoms with van der Waals surface area (Å²) in [7, 11) is 0. The first kappa shape index (κ1) is 10.5. The fourth-order valence-electron chi connectivity index (χ4n) is 1.31. The van der Waals surface area contributed by atoms with Gasteiger partial charge in [-0.1, -0.05) is 0 Å². The van der Waals surface area contributed by atoms with Crippen LogP contribution in [0.4, 0.5) is 0 Å². The van der Waals surface area contributed by atoms with E-state index in [9.17, 15) is 4.79 Å². The highest BCUT2D eigenvalue weighted by atomic mass is 16.3. The quantitative estimate of drug-likeness (QED) is 0.627. The van der Waals surface area contributed by atoms with E-state index in [-0.39, 0.29) is 12.5 Å². The lowest BCUT2D eigenvalue weighted by Gasteiger charge is -2.33. The number of amides is 1. The molecule has 1 heterocycles. The van der Waals surface area contributed by atoms with Crippen molar-refractivity contribution in [3.8, 4) is 0 Å². The van der Waals surface area contributed by atoms with E-state index in [1.54, 1.807) is 18.7 Å². The molecule has 1 N–H and O–H groups in total. The predicted molar refractivity (Wildman–Crippen MR) is 49.3 cm³/mol. The van der Waals surface area contributed by atoms with Crippen molar-refractivity contribution in [2.75, 3.05) is 32.8 Å². The molecule has 1 rings (SSSR count). The van der Waals surface area contributed by atoms with Gasteiger partial charge in [0.1, 0.15) is 0 Å². The molecule has 1 fully saturated rings. The summed E-state index contributed by atoms with van der Waals surface area (Å²) in [6.07, 6.45) is 0. The Bertz CT molecular complexity index is 186. The van der Waals surface area contributed by atoms with Gasteiger partial charge in [-0.15, -0.1) is 0 Å². The average Bonchev–Trinajstić information content (AvgIpc) is 2.18. The smallest absolute Gasteiger partial charge is 0.230 e. The van der Waals surface area contributed by atoms with Crippen LogP contribution in [0.5, 0.6) is 0 Å². The second-order valence-corrected chi connectivity index (χ2v) is 4.01. The molecule has 0 aliphatic carbocycles. The van der Waals surface area contributed by atoms with Crippen molar-refractivity contribution in [2.45, 2.75) is 13.8 Å². The molecule has 0 aromatic rings. The second-order valence-electron chi connectivity index (χ2n) is 4.01. The van der Waals surface area contributed by atoms with E-state index in [0.717, 1.165) is 13.1 Å². The molecule has 0 spiro atoms.